The number of amides is 1. The van der Waals surface area contributed by atoms with Gasteiger partial charge in [0.15, 0.2) is 11.3 Å². The highest BCUT2D eigenvalue weighted by Crippen LogP contribution is 2.31. The maximum atomic E-state index is 14.4. The van der Waals surface area contributed by atoms with Crippen LogP contribution in [-0.2, 0) is 4.79 Å². The van der Waals surface area contributed by atoms with E-state index in [4.69, 9.17) is 9.15 Å². The highest BCUT2D eigenvalue weighted by Gasteiger charge is 2.42. The van der Waals surface area contributed by atoms with Gasteiger partial charge in [-0.1, -0.05) is 12.1 Å². The first-order valence-electron chi connectivity index (χ1n) is 7.30. The van der Waals surface area contributed by atoms with Crippen molar-refractivity contribution in [3.8, 4) is 5.75 Å². The van der Waals surface area contributed by atoms with Crippen molar-refractivity contribution in [3.05, 3.63) is 30.0 Å². The maximum Gasteiger partial charge on any atom is 0.259 e. The van der Waals surface area contributed by atoms with Crippen LogP contribution in [0.5, 0.6) is 5.75 Å². The third kappa shape index (κ3) is 3.28. The summed E-state index contributed by atoms with van der Waals surface area (Å²) in [7, 11) is 1.57. The topological polar surface area (TPSA) is 63.5 Å². The first-order valence-corrected chi connectivity index (χ1v) is 7.30. The molecule has 1 fully saturated rings. The zero-order valence-electron chi connectivity index (χ0n) is 13.0. The van der Waals surface area contributed by atoms with Gasteiger partial charge in [-0.05, 0) is 25.6 Å². The predicted octanol–water partition coefficient (Wildman–Crippen LogP) is 2.74. The second kappa shape index (κ2) is 6.76. The summed E-state index contributed by atoms with van der Waals surface area (Å²) < 4.78 is 25.4. The van der Waals surface area contributed by atoms with Crippen molar-refractivity contribution in [2.45, 2.75) is 25.1 Å². The molecule has 1 aromatic heterocycles. The molecule has 0 bridgehead atoms. The van der Waals surface area contributed by atoms with E-state index in [1.165, 1.54) is 0 Å². The maximum absolute atomic E-state index is 14.4. The molecule has 5 nitrogen and oxygen atoms in total. The molecule has 23 heavy (non-hydrogen) atoms. The highest BCUT2D eigenvalue weighted by atomic mass is 35.5. The molecule has 2 aromatic rings. The third-order valence-electron chi connectivity index (χ3n) is 4.03. The Kier molecular flexibility index (Phi) is 5.16. The molecule has 0 spiro atoms. The summed E-state index contributed by atoms with van der Waals surface area (Å²) in [5, 5.41) is 6.44. The van der Waals surface area contributed by atoms with E-state index in [1.807, 2.05) is 18.2 Å². The fourth-order valence-corrected chi connectivity index (χ4v) is 2.68. The number of para-hydroxylation sites is 1. The average molecular weight is 343 g/mol. The van der Waals surface area contributed by atoms with Crippen molar-refractivity contribution in [1.29, 1.82) is 0 Å². The monoisotopic (exact) mass is 342 g/mol. The van der Waals surface area contributed by atoms with E-state index in [2.05, 4.69) is 10.6 Å². The van der Waals surface area contributed by atoms with Gasteiger partial charge in [-0.3, -0.25) is 4.79 Å². The number of carbonyl (C=O) groups excluding carboxylic acids is 1. The minimum absolute atomic E-state index is 0. The van der Waals surface area contributed by atoms with Crippen LogP contribution < -0.4 is 15.4 Å². The average Bonchev–Trinajstić information content (AvgIpc) is 3.13. The molecular weight excluding hydrogens is 323 g/mol. The van der Waals surface area contributed by atoms with Crippen LogP contribution >= 0.6 is 12.4 Å². The third-order valence-corrected chi connectivity index (χ3v) is 4.03. The number of fused-ring (bicyclic) bond motifs is 1. The van der Waals surface area contributed by atoms with Gasteiger partial charge in [-0.15, -0.1) is 12.4 Å². The highest BCUT2D eigenvalue weighted by molar-refractivity contribution is 5.87. The Morgan fingerprint density at radius 3 is 2.96 bits per heavy atom. The smallest absolute Gasteiger partial charge is 0.259 e. The summed E-state index contributed by atoms with van der Waals surface area (Å²) in [6.45, 7) is 2.34. The van der Waals surface area contributed by atoms with Gasteiger partial charge in [0.25, 0.3) is 5.91 Å². The summed E-state index contributed by atoms with van der Waals surface area (Å²) in [6, 6.07) is 6.99. The molecular formula is C16H20ClFN2O3. The van der Waals surface area contributed by atoms with Crippen molar-refractivity contribution < 1.29 is 18.3 Å². The van der Waals surface area contributed by atoms with Gasteiger partial charge in [0.2, 0.25) is 5.67 Å². The Labute approximate surface area is 140 Å². The summed E-state index contributed by atoms with van der Waals surface area (Å²) >= 11 is 0. The number of rotatable bonds is 4. The van der Waals surface area contributed by atoms with E-state index >= 15 is 0 Å². The SMILES string of the molecule is COc1cccc2cc(C(C)NC(=O)C3(F)CCNC3)oc12.Cl. The molecule has 7 heteroatoms. The van der Waals surface area contributed by atoms with Crippen LogP contribution in [-0.4, -0.2) is 31.8 Å². The van der Waals surface area contributed by atoms with Crippen LogP contribution in [0.2, 0.25) is 0 Å². The van der Waals surface area contributed by atoms with E-state index in [0.717, 1.165) is 5.39 Å². The van der Waals surface area contributed by atoms with Gasteiger partial charge < -0.3 is 19.8 Å². The fourth-order valence-electron chi connectivity index (χ4n) is 2.68. The fraction of sp³-hybridized carbons (Fsp3) is 0.438. The van der Waals surface area contributed by atoms with E-state index in [-0.39, 0.29) is 25.4 Å². The van der Waals surface area contributed by atoms with E-state index in [9.17, 15) is 9.18 Å². The number of furan rings is 1. The first kappa shape index (κ1) is 17.6. The molecule has 1 saturated heterocycles. The number of benzene rings is 1. The van der Waals surface area contributed by atoms with Crippen LogP contribution in [0.1, 0.15) is 25.1 Å². The van der Waals surface area contributed by atoms with Crippen molar-refractivity contribution in [2.75, 3.05) is 20.2 Å². The zero-order chi connectivity index (χ0) is 15.7. The largest absolute Gasteiger partial charge is 0.493 e. The lowest BCUT2D eigenvalue weighted by molar-refractivity contribution is -0.132. The van der Waals surface area contributed by atoms with Crippen LogP contribution in [0.4, 0.5) is 4.39 Å². The molecule has 2 heterocycles. The van der Waals surface area contributed by atoms with Crippen LogP contribution in [0.15, 0.2) is 28.7 Å². The van der Waals surface area contributed by atoms with E-state index < -0.39 is 17.6 Å². The minimum atomic E-state index is -1.84. The Balaban J connectivity index is 0.00000192. The molecule has 2 atom stereocenters. The molecule has 3 rings (SSSR count). The Morgan fingerprint density at radius 2 is 2.30 bits per heavy atom. The van der Waals surface area contributed by atoms with Gasteiger partial charge >= 0.3 is 0 Å². The number of hydrogen-bond acceptors (Lipinski definition) is 4. The zero-order valence-corrected chi connectivity index (χ0v) is 13.8. The number of nitrogens with one attached hydrogen (secondary N) is 2. The van der Waals surface area contributed by atoms with E-state index in [0.29, 0.717) is 23.6 Å². The summed E-state index contributed by atoms with van der Waals surface area (Å²) in [5.74, 6) is 0.601. The summed E-state index contributed by atoms with van der Waals surface area (Å²) in [4.78, 5) is 12.1. The number of methoxy groups -OCH3 is 1. The van der Waals surface area contributed by atoms with Crippen molar-refractivity contribution in [1.82, 2.24) is 10.6 Å². The van der Waals surface area contributed by atoms with Crippen molar-refractivity contribution in [3.63, 3.8) is 0 Å². The summed E-state index contributed by atoms with van der Waals surface area (Å²) in [6.07, 6.45) is 0.194. The van der Waals surface area contributed by atoms with Gasteiger partial charge in [-0.25, -0.2) is 4.39 Å². The lowest BCUT2D eigenvalue weighted by Gasteiger charge is -2.20. The normalized spacial score (nSPS) is 21.7. The van der Waals surface area contributed by atoms with E-state index in [1.54, 1.807) is 20.1 Å². The van der Waals surface area contributed by atoms with Gasteiger partial charge in [0, 0.05) is 18.4 Å². The number of alkyl halides is 1. The van der Waals surface area contributed by atoms with Gasteiger partial charge in [-0.2, -0.15) is 0 Å². The molecule has 0 radical (unpaired) electrons. The number of hydrogen-bond donors (Lipinski definition) is 2. The van der Waals surface area contributed by atoms with Crippen LogP contribution in [0.3, 0.4) is 0 Å². The lowest BCUT2D eigenvalue weighted by Crippen LogP contribution is -2.45. The van der Waals surface area contributed by atoms with Crippen LogP contribution in [0, 0.1) is 0 Å². The van der Waals surface area contributed by atoms with Gasteiger partial charge in [0.05, 0.1) is 13.2 Å². The minimum Gasteiger partial charge on any atom is -0.493 e. The molecule has 0 aliphatic carbocycles. The second-order valence-electron chi connectivity index (χ2n) is 5.61. The molecule has 126 valence electrons. The first-order chi connectivity index (χ1) is 10.5. The Hall–Kier alpha value is -1.79. The molecule has 0 saturated carbocycles. The number of halogens is 2. The van der Waals surface area contributed by atoms with Crippen molar-refractivity contribution in [2.24, 2.45) is 0 Å². The molecule has 1 aliphatic heterocycles. The quantitative estimate of drug-likeness (QED) is 0.896. The summed E-state index contributed by atoms with van der Waals surface area (Å²) in [5.41, 5.74) is -1.21. The van der Waals surface area contributed by atoms with Crippen molar-refractivity contribution >= 4 is 29.3 Å². The Morgan fingerprint density at radius 1 is 1.52 bits per heavy atom. The Bertz CT molecular complexity index is 698. The number of carbonyl (C=O) groups is 1. The molecule has 1 amide bonds. The van der Waals surface area contributed by atoms with Gasteiger partial charge in [0.1, 0.15) is 5.76 Å². The molecule has 2 N–H and O–H groups in total. The number of ether oxygens (including phenoxy) is 1. The molecule has 2 unspecified atom stereocenters. The standard InChI is InChI=1S/C16H19FN2O3.ClH/c1-10(19-15(20)16(17)6-7-18-9-16)13-8-11-4-3-5-12(21-2)14(11)22-13;/h3-5,8,10,18H,6-7,9H2,1-2H3,(H,19,20);1H. The predicted molar refractivity (Wildman–Crippen MR) is 87.9 cm³/mol. The van der Waals surface area contributed by atoms with Crippen LogP contribution in [0.25, 0.3) is 11.0 Å². The molecule has 1 aliphatic rings. The molecule has 1 aromatic carbocycles. The lowest BCUT2D eigenvalue weighted by atomic mass is 10.0. The second-order valence-corrected chi connectivity index (χ2v) is 5.61.